The van der Waals surface area contributed by atoms with Crippen molar-refractivity contribution in [2.24, 2.45) is 0 Å². The number of thiazole rings is 1. The second kappa shape index (κ2) is 7.90. The summed E-state index contributed by atoms with van der Waals surface area (Å²) in [6, 6.07) is 16.5. The molecule has 2 aromatic carbocycles. The summed E-state index contributed by atoms with van der Waals surface area (Å²) in [6.45, 7) is 3.38. The summed E-state index contributed by atoms with van der Waals surface area (Å²) >= 11 is 3.55. The van der Waals surface area contributed by atoms with Gasteiger partial charge in [0, 0.05) is 18.5 Å². The van der Waals surface area contributed by atoms with Crippen molar-refractivity contribution < 1.29 is 4.79 Å². The van der Waals surface area contributed by atoms with E-state index in [1.165, 1.54) is 15.3 Å². The van der Waals surface area contributed by atoms with Crippen molar-refractivity contribution in [2.75, 3.05) is 30.8 Å². The molecule has 0 saturated carbocycles. The maximum Gasteiger partial charge on any atom is 0.242 e. The van der Waals surface area contributed by atoms with E-state index in [9.17, 15) is 4.79 Å². The number of anilines is 1. The molecule has 1 aromatic heterocycles. The lowest BCUT2D eigenvalue weighted by atomic mass is 10.2. The number of para-hydroxylation sites is 2. The Morgan fingerprint density at radius 3 is 2.85 bits per heavy atom. The van der Waals surface area contributed by atoms with E-state index in [-0.39, 0.29) is 11.9 Å². The number of thioether (sulfide) groups is 1. The zero-order valence-corrected chi connectivity index (χ0v) is 17.2. The van der Waals surface area contributed by atoms with Crippen molar-refractivity contribution in [1.29, 1.82) is 0 Å². The van der Waals surface area contributed by atoms with E-state index in [1.54, 1.807) is 11.3 Å². The number of hydrogen-bond acceptors (Lipinski definition) is 5. The Bertz CT molecular complexity index is 922. The molecule has 1 unspecified atom stereocenters. The van der Waals surface area contributed by atoms with Crippen LogP contribution in [0.25, 0.3) is 10.2 Å². The molecule has 4 nitrogen and oxygen atoms in total. The highest BCUT2D eigenvalue weighted by molar-refractivity contribution is 7.99. The van der Waals surface area contributed by atoms with Gasteiger partial charge in [0.15, 0.2) is 0 Å². The predicted molar refractivity (Wildman–Crippen MR) is 115 cm³/mol. The average Bonchev–Trinajstić information content (AvgIpc) is 3.03. The highest BCUT2D eigenvalue weighted by Gasteiger charge is 2.24. The summed E-state index contributed by atoms with van der Waals surface area (Å²) in [6.07, 6.45) is 1.09. The van der Waals surface area contributed by atoms with Crippen LogP contribution in [0.4, 0.5) is 5.69 Å². The first-order valence-corrected chi connectivity index (χ1v) is 11.0. The summed E-state index contributed by atoms with van der Waals surface area (Å²) in [4.78, 5) is 23.1. The SMILES string of the molecule is CC(c1nc2ccccc2s1)N(C)C(=O)CN1CCCSc2ccccc21. The van der Waals surface area contributed by atoms with Crippen LogP contribution in [0.3, 0.4) is 0 Å². The zero-order chi connectivity index (χ0) is 18.8. The Morgan fingerprint density at radius 2 is 2.00 bits per heavy atom. The lowest BCUT2D eigenvalue weighted by Gasteiger charge is -2.29. The molecule has 0 saturated heterocycles. The van der Waals surface area contributed by atoms with Crippen LogP contribution in [0.15, 0.2) is 53.4 Å². The molecule has 4 rings (SSSR count). The van der Waals surface area contributed by atoms with Crippen molar-refractivity contribution >= 4 is 44.9 Å². The van der Waals surface area contributed by atoms with E-state index < -0.39 is 0 Å². The van der Waals surface area contributed by atoms with Crippen LogP contribution < -0.4 is 4.90 Å². The molecule has 0 aliphatic carbocycles. The number of nitrogens with zero attached hydrogens (tertiary/aromatic N) is 3. The van der Waals surface area contributed by atoms with Gasteiger partial charge >= 0.3 is 0 Å². The summed E-state index contributed by atoms with van der Waals surface area (Å²) in [5, 5.41) is 0.985. The number of amides is 1. The average molecular weight is 398 g/mol. The number of hydrogen-bond donors (Lipinski definition) is 0. The van der Waals surface area contributed by atoms with Gasteiger partial charge in [-0.1, -0.05) is 24.3 Å². The molecule has 1 amide bonds. The molecule has 1 aliphatic heterocycles. The Hall–Kier alpha value is -2.05. The molecule has 0 fully saturated rings. The molecule has 1 atom stereocenters. The summed E-state index contributed by atoms with van der Waals surface area (Å²) in [5.41, 5.74) is 2.18. The Labute approximate surface area is 168 Å². The van der Waals surface area contributed by atoms with E-state index >= 15 is 0 Å². The van der Waals surface area contributed by atoms with Crippen LogP contribution in [0, 0.1) is 0 Å². The van der Waals surface area contributed by atoms with E-state index in [2.05, 4.69) is 42.2 Å². The van der Waals surface area contributed by atoms with Crippen LogP contribution in [0.2, 0.25) is 0 Å². The molecule has 0 N–H and O–H groups in total. The van der Waals surface area contributed by atoms with Gasteiger partial charge in [-0.05, 0) is 43.4 Å². The molecule has 3 aromatic rings. The number of likely N-dealkylation sites (N-methyl/N-ethyl adjacent to an activating group) is 1. The van der Waals surface area contributed by atoms with Crippen molar-refractivity contribution in [2.45, 2.75) is 24.3 Å². The minimum atomic E-state index is -0.0357. The molecular formula is C21H23N3OS2. The van der Waals surface area contributed by atoms with Crippen molar-refractivity contribution in [3.63, 3.8) is 0 Å². The Balaban J connectivity index is 1.50. The van der Waals surface area contributed by atoms with Crippen LogP contribution in [-0.2, 0) is 4.79 Å². The summed E-state index contributed by atoms with van der Waals surface area (Å²) in [7, 11) is 1.89. The standard InChI is InChI=1S/C21H23N3OS2/c1-15(21-22-16-8-3-5-10-18(16)27-21)23(2)20(25)14-24-12-7-13-26-19-11-6-4-9-17(19)24/h3-6,8-11,15H,7,12-14H2,1-2H3. The molecule has 0 spiro atoms. The highest BCUT2D eigenvalue weighted by Crippen LogP contribution is 2.34. The number of rotatable bonds is 4. The molecule has 0 bridgehead atoms. The van der Waals surface area contributed by atoms with Gasteiger partial charge in [-0.3, -0.25) is 4.79 Å². The van der Waals surface area contributed by atoms with Gasteiger partial charge < -0.3 is 9.80 Å². The molecule has 27 heavy (non-hydrogen) atoms. The van der Waals surface area contributed by atoms with E-state index in [4.69, 9.17) is 4.98 Å². The Kier molecular flexibility index (Phi) is 5.36. The second-order valence-electron chi connectivity index (χ2n) is 6.79. The van der Waals surface area contributed by atoms with E-state index in [0.717, 1.165) is 29.2 Å². The number of aromatic nitrogens is 1. The maximum atomic E-state index is 13.0. The highest BCUT2D eigenvalue weighted by atomic mass is 32.2. The molecular weight excluding hydrogens is 374 g/mol. The van der Waals surface area contributed by atoms with Crippen LogP contribution in [0.1, 0.15) is 24.4 Å². The third-order valence-electron chi connectivity index (χ3n) is 5.00. The molecule has 2 heterocycles. The van der Waals surface area contributed by atoms with E-state index in [1.807, 2.05) is 41.9 Å². The fourth-order valence-corrected chi connectivity index (χ4v) is 5.36. The lowest BCUT2D eigenvalue weighted by Crippen LogP contribution is -2.40. The van der Waals surface area contributed by atoms with Gasteiger partial charge in [-0.25, -0.2) is 4.98 Å². The second-order valence-corrected chi connectivity index (χ2v) is 8.99. The molecule has 140 valence electrons. The first-order chi connectivity index (χ1) is 13.1. The maximum absolute atomic E-state index is 13.0. The smallest absolute Gasteiger partial charge is 0.242 e. The van der Waals surface area contributed by atoms with Crippen molar-refractivity contribution in [3.05, 3.63) is 53.5 Å². The van der Waals surface area contributed by atoms with Gasteiger partial charge in [-0.15, -0.1) is 23.1 Å². The van der Waals surface area contributed by atoms with Gasteiger partial charge in [-0.2, -0.15) is 0 Å². The minimum Gasteiger partial charge on any atom is -0.361 e. The van der Waals surface area contributed by atoms with E-state index in [0.29, 0.717) is 6.54 Å². The zero-order valence-electron chi connectivity index (χ0n) is 15.6. The van der Waals surface area contributed by atoms with Gasteiger partial charge in [0.1, 0.15) is 5.01 Å². The van der Waals surface area contributed by atoms with Crippen molar-refractivity contribution in [1.82, 2.24) is 9.88 Å². The molecule has 0 radical (unpaired) electrons. The van der Waals surface area contributed by atoms with Gasteiger partial charge in [0.05, 0.1) is 28.5 Å². The first-order valence-electron chi connectivity index (χ1n) is 9.21. The predicted octanol–water partition coefficient (Wildman–Crippen LogP) is 4.82. The third kappa shape index (κ3) is 3.82. The van der Waals surface area contributed by atoms with Gasteiger partial charge in [0.2, 0.25) is 5.91 Å². The summed E-state index contributed by atoms with van der Waals surface area (Å²) in [5.74, 6) is 1.23. The third-order valence-corrected chi connectivity index (χ3v) is 7.36. The minimum absolute atomic E-state index is 0.0357. The van der Waals surface area contributed by atoms with Crippen LogP contribution >= 0.6 is 23.1 Å². The number of carbonyl (C=O) groups is 1. The summed E-state index contributed by atoms with van der Waals surface area (Å²) < 4.78 is 1.17. The fraction of sp³-hybridized carbons (Fsp3) is 0.333. The molecule has 6 heteroatoms. The quantitative estimate of drug-likeness (QED) is 0.632. The first kappa shape index (κ1) is 18.3. The molecule has 1 aliphatic rings. The number of fused-ring (bicyclic) bond motifs is 2. The van der Waals surface area contributed by atoms with Crippen LogP contribution in [-0.4, -0.2) is 41.7 Å². The lowest BCUT2D eigenvalue weighted by molar-refractivity contribution is -0.130. The number of carbonyl (C=O) groups excluding carboxylic acids is 1. The largest absolute Gasteiger partial charge is 0.361 e. The fourth-order valence-electron chi connectivity index (χ4n) is 3.29. The van der Waals surface area contributed by atoms with Gasteiger partial charge in [0.25, 0.3) is 0 Å². The van der Waals surface area contributed by atoms with Crippen molar-refractivity contribution in [3.8, 4) is 0 Å². The topological polar surface area (TPSA) is 36.4 Å². The Morgan fingerprint density at radius 1 is 1.22 bits per heavy atom. The van der Waals surface area contributed by atoms with Crippen LogP contribution in [0.5, 0.6) is 0 Å². The normalized spacial score (nSPS) is 15.3. The monoisotopic (exact) mass is 397 g/mol. The number of benzene rings is 2.